The van der Waals surface area contributed by atoms with Crippen molar-refractivity contribution in [2.45, 2.75) is 33.1 Å². The molecule has 0 saturated carbocycles. The lowest BCUT2D eigenvalue weighted by Crippen LogP contribution is -2.08. The molecule has 0 aliphatic rings. The second-order valence-corrected chi connectivity index (χ2v) is 5.40. The number of thiazole rings is 1. The standard InChI is InChI=1S/C12H22N2O2S/c1-8(2)11(16-5)12-14-9(7-15-4)10(17-12)6-13-3/h8,11,13H,6-7H2,1-5H3. The molecule has 4 nitrogen and oxygen atoms in total. The van der Waals surface area contributed by atoms with Gasteiger partial charge in [-0.05, 0) is 13.0 Å². The molecule has 1 atom stereocenters. The molecular formula is C12H22N2O2S. The molecule has 1 aromatic heterocycles. The molecule has 1 heterocycles. The number of hydrogen-bond donors (Lipinski definition) is 1. The van der Waals surface area contributed by atoms with Gasteiger partial charge < -0.3 is 14.8 Å². The highest BCUT2D eigenvalue weighted by Crippen LogP contribution is 2.31. The Morgan fingerprint density at radius 2 is 2.06 bits per heavy atom. The highest BCUT2D eigenvalue weighted by atomic mass is 32.1. The zero-order valence-electron chi connectivity index (χ0n) is 11.2. The van der Waals surface area contributed by atoms with Gasteiger partial charge in [-0.2, -0.15) is 0 Å². The van der Waals surface area contributed by atoms with Crippen LogP contribution in [0.15, 0.2) is 0 Å². The number of methoxy groups -OCH3 is 2. The van der Waals surface area contributed by atoms with Gasteiger partial charge in [0.15, 0.2) is 0 Å². The summed E-state index contributed by atoms with van der Waals surface area (Å²) in [6.07, 6.45) is 0.0706. The van der Waals surface area contributed by atoms with Gasteiger partial charge in [0.1, 0.15) is 11.1 Å². The summed E-state index contributed by atoms with van der Waals surface area (Å²) < 4.78 is 10.7. The summed E-state index contributed by atoms with van der Waals surface area (Å²) in [7, 11) is 5.37. The van der Waals surface area contributed by atoms with Gasteiger partial charge in [-0.3, -0.25) is 0 Å². The van der Waals surface area contributed by atoms with Crippen molar-refractivity contribution in [3.8, 4) is 0 Å². The Balaban J connectivity index is 2.96. The molecule has 0 fully saturated rings. The summed E-state index contributed by atoms with van der Waals surface area (Å²) in [5, 5.41) is 4.20. The monoisotopic (exact) mass is 258 g/mol. The van der Waals surface area contributed by atoms with E-state index in [4.69, 9.17) is 9.47 Å². The maximum Gasteiger partial charge on any atom is 0.122 e. The Labute approximate surface area is 107 Å². The van der Waals surface area contributed by atoms with Crippen LogP contribution >= 0.6 is 11.3 Å². The summed E-state index contributed by atoms with van der Waals surface area (Å²) in [6.45, 7) is 5.67. The van der Waals surface area contributed by atoms with Crippen LogP contribution < -0.4 is 5.32 Å². The molecule has 0 spiro atoms. The summed E-state index contributed by atoms with van der Waals surface area (Å²) in [4.78, 5) is 5.87. The van der Waals surface area contributed by atoms with Crippen molar-refractivity contribution < 1.29 is 9.47 Å². The lowest BCUT2D eigenvalue weighted by atomic mass is 10.1. The Morgan fingerprint density at radius 1 is 1.35 bits per heavy atom. The zero-order chi connectivity index (χ0) is 12.8. The van der Waals surface area contributed by atoms with Crippen LogP contribution in [0.25, 0.3) is 0 Å². The van der Waals surface area contributed by atoms with Gasteiger partial charge >= 0.3 is 0 Å². The number of rotatable bonds is 7. The second-order valence-electron chi connectivity index (χ2n) is 4.29. The SMILES string of the molecule is CNCc1sc(C(OC)C(C)C)nc1COC. The van der Waals surface area contributed by atoms with Crippen LogP contribution in [0.3, 0.4) is 0 Å². The van der Waals surface area contributed by atoms with Crippen LogP contribution in [0.1, 0.15) is 35.5 Å². The fourth-order valence-electron chi connectivity index (χ4n) is 1.73. The third-order valence-electron chi connectivity index (χ3n) is 2.52. The Bertz CT molecular complexity index is 316. The first kappa shape index (κ1) is 14.6. The molecule has 0 aliphatic carbocycles. The molecule has 0 aliphatic heterocycles. The average Bonchev–Trinajstić information content (AvgIpc) is 2.63. The van der Waals surface area contributed by atoms with Crippen molar-refractivity contribution in [1.29, 1.82) is 0 Å². The van der Waals surface area contributed by atoms with E-state index in [1.54, 1.807) is 25.6 Å². The molecule has 0 amide bonds. The van der Waals surface area contributed by atoms with Crippen LogP contribution in [0, 0.1) is 5.92 Å². The number of nitrogens with zero attached hydrogens (tertiary/aromatic N) is 1. The minimum Gasteiger partial charge on any atom is -0.378 e. The third-order valence-corrected chi connectivity index (χ3v) is 3.68. The Kier molecular flexibility index (Phi) is 6.05. The predicted octanol–water partition coefficient (Wildman–Crippen LogP) is 2.35. The van der Waals surface area contributed by atoms with Gasteiger partial charge in [-0.15, -0.1) is 11.3 Å². The van der Waals surface area contributed by atoms with Crippen LogP contribution in [0.4, 0.5) is 0 Å². The zero-order valence-corrected chi connectivity index (χ0v) is 12.1. The fraction of sp³-hybridized carbons (Fsp3) is 0.750. The van der Waals surface area contributed by atoms with Crippen molar-refractivity contribution in [2.24, 2.45) is 5.92 Å². The topological polar surface area (TPSA) is 43.4 Å². The van der Waals surface area contributed by atoms with Gasteiger partial charge in [-0.1, -0.05) is 13.8 Å². The Hall–Kier alpha value is -0.490. The summed E-state index contributed by atoms with van der Waals surface area (Å²) in [5.74, 6) is 0.420. The molecule has 17 heavy (non-hydrogen) atoms. The minimum atomic E-state index is 0.0706. The smallest absolute Gasteiger partial charge is 0.122 e. The molecule has 0 saturated heterocycles. The first-order valence-electron chi connectivity index (χ1n) is 5.78. The van der Waals surface area contributed by atoms with E-state index in [9.17, 15) is 0 Å². The van der Waals surface area contributed by atoms with E-state index in [-0.39, 0.29) is 6.10 Å². The van der Waals surface area contributed by atoms with E-state index in [0.29, 0.717) is 12.5 Å². The maximum absolute atomic E-state index is 5.51. The van der Waals surface area contributed by atoms with Crippen LogP contribution in [0.5, 0.6) is 0 Å². The minimum absolute atomic E-state index is 0.0706. The van der Waals surface area contributed by atoms with E-state index in [2.05, 4.69) is 24.1 Å². The van der Waals surface area contributed by atoms with Crippen LogP contribution in [0.2, 0.25) is 0 Å². The summed E-state index contributed by atoms with van der Waals surface area (Å²) >= 11 is 1.71. The van der Waals surface area contributed by atoms with Gasteiger partial charge in [0, 0.05) is 25.6 Å². The van der Waals surface area contributed by atoms with Crippen molar-refractivity contribution in [3.63, 3.8) is 0 Å². The lowest BCUT2D eigenvalue weighted by molar-refractivity contribution is 0.0640. The van der Waals surface area contributed by atoms with Crippen molar-refractivity contribution in [2.75, 3.05) is 21.3 Å². The van der Waals surface area contributed by atoms with Crippen LogP contribution in [-0.4, -0.2) is 26.3 Å². The van der Waals surface area contributed by atoms with Gasteiger partial charge in [0.2, 0.25) is 0 Å². The molecule has 1 N–H and O–H groups in total. The molecule has 1 unspecified atom stereocenters. The number of ether oxygens (including phenoxy) is 2. The van der Waals surface area contributed by atoms with E-state index >= 15 is 0 Å². The first-order chi connectivity index (χ1) is 8.13. The molecule has 1 rings (SSSR count). The number of hydrogen-bond acceptors (Lipinski definition) is 5. The summed E-state index contributed by atoms with van der Waals surface area (Å²) in [6, 6.07) is 0. The van der Waals surface area contributed by atoms with E-state index in [0.717, 1.165) is 17.2 Å². The summed E-state index contributed by atoms with van der Waals surface area (Å²) in [5.41, 5.74) is 1.02. The molecule has 0 aromatic carbocycles. The highest BCUT2D eigenvalue weighted by Gasteiger charge is 2.21. The quantitative estimate of drug-likeness (QED) is 0.815. The van der Waals surface area contributed by atoms with Crippen molar-refractivity contribution >= 4 is 11.3 Å². The van der Waals surface area contributed by atoms with Gasteiger partial charge in [-0.25, -0.2) is 4.98 Å². The van der Waals surface area contributed by atoms with Gasteiger partial charge in [0.05, 0.1) is 12.3 Å². The number of nitrogens with one attached hydrogen (secondary N) is 1. The molecule has 0 radical (unpaired) electrons. The third kappa shape index (κ3) is 3.74. The molecule has 5 heteroatoms. The number of aromatic nitrogens is 1. The highest BCUT2D eigenvalue weighted by molar-refractivity contribution is 7.11. The normalized spacial score (nSPS) is 13.3. The van der Waals surface area contributed by atoms with Crippen molar-refractivity contribution in [1.82, 2.24) is 10.3 Å². The fourth-order valence-corrected chi connectivity index (χ4v) is 3.06. The van der Waals surface area contributed by atoms with Crippen LogP contribution in [-0.2, 0) is 22.6 Å². The lowest BCUT2D eigenvalue weighted by Gasteiger charge is -2.15. The van der Waals surface area contributed by atoms with E-state index < -0.39 is 0 Å². The van der Waals surface area contributed by atoms with Crippen molar-refractivity contribution in [3.05, 3.63) is 15.6 Å². The molecular weight excluding hydrogens is 236 g/mol. The van der Waals surface area contributed by atoms with E-state index in [1.807, 2.05) is 7.05 Å². The second kappa shape index (κ2) is 7.06. The first-order valence-corrected chi connectivity index (χ1v) is 6.60. The molecule has 0 bridgehead atoms. The molecule has 98 valence electrons. The Morgan fingerprint density at radius 3 is 2.53 bits per heavy atom. The van der Waals surface area contributed by atoms with E-state index in [1.165, 1.54) is 4.88 Å². The average molecular weight is 258 g/mol. The largest absolute Gasteiger partial charge is 0.378 e. The maximum atomic E-state index is 5.51. The van der Waals surface area contributed by atoms with Gasteiger partial charge in [0.25, 0.3) is 0 Å². The molecule has 1 aromatic rings. The predicted molar refractivity (Wildman–Crippen MR) is 70.2 cm³/mol.